The molecule has 0 saturated carbocycles. The van der Waals surface area contributed by atoms with Crippen molar-refractivity contribution in [1.82, 2.24) is 4.57 Å². The summed E-state index contributed by atoms with van der Waals surface area (Å²) in [6.07, 6.45) is 1.58. The van der Waals surface area contributed by atoms with E-state index in [1.165, 1.54) is 6.20 Å². The van der Waals surface area contributed by atoms with E-state index in [4.69, 9.17) is 22.1 Å². The van der Waals surface area contributed by atoms with Crippen molar-refractivity contribution in [2.24, 2.45) is 5.73 Å². The largest absolute Gasteiger partial charge is 0.484 e. The zero-order valence-corrected chi connectivity index (χ0v) is 16.9. The highest BCUT2D eigenvalue weighted by Crippen LogP contribution is 2.42. The molecule has 9 heteroatoms. The van der Waals surface area contributed by atoms with Crippen LogP contribution in [0.25, 0.3) is 5.69 Å². The number of amides is 2. The molecule has 1 atom stereocenters. The minimum Gasteiger partial charge on any atom is -0.484 e. The molecule has 0 aliphatic carbocycles. The maximum Gasteiger partial charge on any atom is 0.339 e. The summed E-state index contributed by atoms with van der Waals surface area (Å²) in [5.74, 6) is -2.09. The van der Waals surface area contributed by atoms with Crippen LogP contribution >= 0.6 is 11.6 Å². The van der Waals surface area contributed by atoms with Gasteiger partial charge in [0.15, 0.2) is 6.61 Å². The van der Waals surface area contributed by atoms with Crippen LogP contribution in [0.5, 0.6) is 5.75 Å². The molecular formula is C22H18ClN3O5. The number of hydrogen-bond acceptors (Lipinski definition) is 4. The van der Waals surface area contributed by atoms with Crippen molar-refractivity contribution in [3.63, 3.8) is 0 Å². The van der Waals surface area contributed by atoms with E-state index in [-0.39, 0.29) is 30.2 Å². The lowest BCUT2D eigenvalue weighted by Crippen LogP contribution is -2.25. The number of nitrogens with one attached hydrogen (secondary N) is 1. The lowest BCUT2D eigenvalue weighted by molar-refractivity contribution is -0.120. The molecule has 2 heterocycles. The van der Waals surface area contributed by atoms with Crippen molar-refractivity contribution in [3.05, 3.63) is 76.6 Å². The van der Waals surface area contributed by atoms with E-state index in [1.807, 2.05) is 6.07 Å². The maximum atomic E-state index is 12.5. The fraction of sp³-hybridized carbons (Fsp3) is 0.136. The summed E-state index contributed by atoms with van der Waals surface area (Å²) in [6.45, 7) is -0.276. The van der Waals surface area contributed by atoms with E-state index in [0.29, 0.717) is 22.2 Å². The van der Waals surface area contributed by atoms with Crippen LogP contribution in [0.15, 0.2) is 54.7 Å². The van der Waals surface area contributed by atoms with E-state index >= 15 is 0 Å². The standard InChI is InChI=1S/C22H18ClN3O5/c23-13-4-2-5-14(8-13)26-10-17(22(29)30)20-21(26)16(9-19(28)25-20)12-3-1-6-15(7-12)31-11-18(24)27/h1-8,10,16H,9,11H2,(H2,24,27)(H,25,28)(H,29,30)/t16-/m1/s1. The van der Waals surface area contributed by atoms with Gasteiger partial charge in [0.1, 0.15) is 11.3 Å². The van der Waals surface area contributed by atoms with Crippen molar-refractivity contribution in [1.29, 1.82) is 0 Å². The number of primary amides is 1. The Kier molecular flexibility index (Phi) is 5.39. The van der Waals surface area contributed by atoms with Gasteiger partial charge in [-0.1, -0.05) is 29.8 Å². The fourth-order valence-electron chi connectivity index (χ4n) is 3.72. The summed E-state index contributed by atoms with van der Waals surface area (Å²) in [5, 5.41) is 12.9. The zero-order chi connectivity index (χ0) is 22.1. The molecule has 1 aliphatic heterocycles. The Balaban J connectivity index is 1.87. The average Bonchev–Trinajstić information content (AvgIpc) is 3.11. The number of hydrogen-bond donors (Lipinski definition) is 3. The SMILES string of the molecule is NC(=O)COc1cccc([C@H]2CC(=O)Nc3c(C(=O)O)cn(-c4cccc(Cl)c4)c32)c1. The third-order valence-corrected chi connectivity index (χ3v) is 5.22. The molecule has 2 aromatic carbocycles. The molecule has 3 aromatic rings. The summed E-state index contributed by atoms with van der Waals surface area (Å²) in [5.41, 5.74) is 7.39. The summed E-state index contributed by atoms with van der Waals surface area (Å²) in [4.78, 5) is 35.4. The van der Waals surface area contributed by atoms with Crippen LogP contribution in [0.4, 0.5) is 5.69 Å². The van der Waals surface area contributed by atoms with Crippen molar-refractivity contribution in [2.45, 2.75) is 12.3 Å². The number of nitrogens with zero attached hydrogens (tertiary/aromatic N) is 1. The predicted molar refractivity (Wildman–Crippen MR) is 114 cm³/mol. The second-order valence-corrected chi connectivity index (χ2v) is 7.53. The number of nitrogens with two attached hydrogens (primary N) is 1. The van der Waals surface area contributed by atoms with Crippen molar-refractivity contribution >= 4 is 35.1 Å². The molecule has 0 radical (unpaired) electrons. The number of ether oxygens (including phenoxy) is 1. The smallest absolute Gasteiger partial charge is 0.339 e. The summed E-state index contributed by atoms with van der Waals surface area (Å²) < 4.78 is 7.12. The highest BCUT2D eigenvalue weighted by molar-refractivity contribution is 6.30. The number of halogens is 1. The second-order valence-electron chi connectivity index (χ2n) is 7.09. The summed E-state index contributed by atoms with van der Waals surface area (Å²) in [6, 6.07) is 13.9. The van der Waals surface area contributed by atoms with Gasteiger partial charge in [0.05, 0.1) is 11.4 Å². The Morgan fingerprint density at radius 2 is 2.00 bits per heavy atom. The number of carbonyl (C=O) groups is 3. The van der Waals surface area contributed by atoms with Gasteiger partial charge in [-0.2, -0.15) is 0 Å². The molecule has 158 valence electrons. The van der Waals surface area contributed by atoms with Gasteiger partial charge in [-0.3, -0.25) is 9.59 Å². The first-order valence-corrected chi connectivity index (χ1v) is 9.76. The number of rotatable bonds is 6. The first-order valence-electron chi connectivity index (χ1n) is 9.39. The molecule has 0 fully saturated rings. The Bertz CT molecular complexity index is 1200. The molecule has 1 aliphatic rings. The van der Waals surface area contributed by atoms with Gasteiger partial charge < -0.3 is 25.5 Å². The summed E-state index contributed by atoms with van der Waals surface area (Å²) >= 11 is 6.15. The Morgan fingerprint density at radius 3 is 2.71 bits per heavy atom. The molecule has 0 bridgehead atoms. The van der Waals surface area contributed by atoms with Crippen LogP contribution < -0.4 is 15.8 Å². The van der Waals surface area contributed by atoms with E-state index in [1.54, 1.807) is 47.0 Å². The van der Waals surface area contributed by atoms with E-state index < -0.39 is 17.8 Å². The summed E-state index contributed by atoms with van der Waals surface area (Å²) in [7, 11) is 0. The molecule has 1 aromatic heterocycles. The second kappa shape index (κ2) is 8.16. The number of fused-ring (bicyclic) bond motifs is 1. The van der Waals surface area contributed by atoms with Crippen LogP contribution in [0.2, 0.25) is 5.02 Å². The van der Waals surface area contributed by atoms with Crippen LogP contribution in [-0.2, 0) is 9.59 Å². The Morgan fingerprint density at radius 1 is 1.23 bits per heavy atom. The highest BCUT2D eigenvalue weighted by Gasteiger charge is 2.34. The molecule has 2 amide bonds. The predicted octanol–water partition coefficient (Wildman–Crippen LogP) is 3.17. The highest BCUT2D eigenvalue weighted by atomic mass is 35.5. The van der Waals surface area contributed by atoms with Gasteiger partial charge in [0.25, 0.3) is 5.91 Å². The van der Waals surface area contributed by atoms with Gasteiger partial charge >= 0.3 is 5.97 Å². The minimum absolute atomic E-state index is 0.0193. The van der Waals surface area contributed by atoms with Gasteiger partial charge in [0, 0.05) is 29.2 Å². The van der Waals surface area contributed by atoms with Gasteiger partial charge in [0.2, 0.25) is 5.91 Å². The van der Waals surface area contributed by atoms with Crippen LogP contribution in [0.3, 0.4) is 0 Å². The monoisotopic (exact) mass is 439 g/mol. The lowest BCUT2D eigenvalue weighted by atomic mass is 9.88. The molecule has 8 nitrogen and oxygen atoms in total. The Hall–Kier alpha value is -3.78. The molecule has 0 spiro atoms. The van der Waals surface area contributed by atoms with E-state index in [0.717, 1.165) is 5.56 Å². The first-order chi connectivity index (χ1) is 14.8. The normalized spacial score (nSPS) is 15.1. The molecule has 4 N–H and O–H groups in total. The zero-order valence-electron chi connectivity index (χ0n) is 16.2. The van der Waals surface area contributed by atoms with Crippen LogP contribution in [0.1, 0.15) is 34.0 Å². The molecule has 0 unspecified atom stereocenters. The van der Waals surface area contributed by atoms with Crippen LogP contribution in [0, 0.1) is 0 Å². The van der Waals surface area contributed by atoms with Crippen molar-refractivity contribution < 1.29 is 24.2 Å². The number of carbonyl (C=O) groups excluding carboxylic acids is 2. The number of aromatic nitrogens is 1. The number of anilines is 1. The first kappa shape index (κ1) is 20.5. The maximum absolute atomic E-state index is 12.5. The third kappa shape index (κ3) is 4.10. The third-order valence-electron chi connectivity index (χ3n) is 4.99. The molecule has 31 heavy (non-hydrogen) atoms. The number of aromatic carboxylic acids is 1. The quantitative estimate of drug-likeness (QED) is 0.544. The molecular weight excluding hydrogens is 422 g/mol. The number of carboxylic acid groups (broad SMARTS) is 1. The molecule has 0 saturated heterocycles. The molecule has 4 rings (SSSR count). The van der Waals surface area contributed by atoms with Crippen LogP contribution in [-0.4, -0.2) is 34.1 Å². The van der Waals surface area contributed by atoms with E-state index in [9.17, 15) is 19.5 Å². The minimum atomic E-state index is -1.16. The average molecular weight is 440 g/mol. The van der Waals surface area contributed by atoms with Gasteiger partial charge in [-0.15, -0.1) is 0 Å². The fourth-order valence-corrected chi connectivity index (χ4v) is 3.91. The van der Waals surface area contributed by atoms with Crippen molar-refractivity contribution in [2.75, 3.05) is 11.9 Å². The van der Waals surface area contributed by atoms with E-state index in [2.05, 4.69) is 5.32 Å². The van der Waals surface area contributed by atoms with Crippen molar-refractivity contribution in [3.8, 4) is 11.4 Å². The van der Waals surface area contributed by atoms with Gasteiger partial charge in [-0.25, -0.2) is 4.79 Å². The lowest BCUT2D eigenvalue weighted by Gasteiger charge is -2.26. The topological polar surface area (TPSA) is 124 Å². The Labute approximate surface area is 182 Å². The number of carboxylic acids is 1. The van der Waals surface area contributed by atoms with Gasteiger partial charge in [-0.05, 0) is 35.9 Å². The number of benzene rings is 2.